The molecule has 31 heavy (non-hydrogen) atoms. The van der Waals surface area contributed by atoms with Crippen LogP contribution in [-0.4, -0.2) is 32.1 Å². The normalized spacial score (nSPS) is 16.5. The Labute approximate surface area is 183 Å². The average molecular weight is 418 g/mol. The lowest BCUT2D eigenvalue weighted by Crippen LogP contribution is -2.39. The summed E-state index contributed by atoms with van der Waals surface area (Å²) in [5, 5.41) is 12.4. The zero-order chi connectivity index (χ0) is 22.4. The molecule has 1 aliphatic carbocycles. The van der Waals surface area contributed by atoms with E-state index in [4.69, 9.17) is 4.74 Å². The van der Waals surface area contributed by atoms with Gasteiger partial charge in [0, 0.05) is 19.8 Å². The Morgan fingerprint density at radius 1 is 1.19 bits per heavy atom. The van der Waals surface area contributed by atoms with Gasteiger partial charge in [0.1, 0.15) is 11.6 Å². The number of benzene rings is 2. The average Bonchev–Trinajstić information content (AvgIpc) is 2.77. The lowest BCUT2D eigenvalue weighted by atomic mass is 9.87. The Kier molecular flexibility index (Phi) is 7.09. The van der Waals surface area contributed by atoms with Crippen LogP contribution in [0.5, 0.6) is 0 Å². The molecule has 3 rings (SSSR count). The minimum absolute atomic E-state index is 0.0974. The smallest absolute Gasteiger partial charge is 0.349 e. The van der Waals surface area contributed by atoms with Gasteiger partial charge in [0.05, 0.1) is 6.04 Å². The van der Waals surface area contributed by atoms with Gasteiger partial charge in [0.25, 0.3) is 5.91 Å². The highest BCUT2D eigenvalue weighted by Crippen LogP contribution is 2.29. The van der Waals surface area contributed by atoms with Gasteiger partial charge in [0.2, 0.25) is 0 Å². The van der Waals surface area contributed by atoms with Crippen molar-refractivity contribution >= 4 is 23.6 Å². The molecule has 0 saturated carbocycles. The van der Waals surface area contributed by atoms with Crippen molar-refractivity contribution in [2.24, 2.45) is 0 Å². The molecule has 6 heteroatoms. The maximum absolute atomic E-state index is 12.6. The number of carbonyl (C=O) groups excluding carboxylic acids is 2. The van der Waals surface area contributed by atoms with Crippen molar-refractivity contribution < 1.29 is 14.3 Å². The van der Waals surface area contributed by atoms with Crippen LogP contribution in [0, 0.1) is 11.3 Å². The van der Waals surface area contributed by atoms with Crippen molar-refractivity contribution in [3.63, 3.8) is 0 Å². The summed E-state index contributed by atoms with van der Waals surface area (Å²) in [5.74, 6) is -1.19. The first-order valence-electron chi connectivity index (χ1n) is 10.4. The van der Waals surface area contributed by atoms with E-state index in [9.17, 15) is 14.9 Å². The van der Waals surface area contributed by atoms with Crippen LogP contribution in [0.15, 0.2) is 54.1 Å². The van der Waals surface area contributed by atoms with E-state index in [1.54, 1.807) is 0 Å². The van der Waals surface area contributed by atoms with Gasteiger partial charge in [-0.05, 0) is 61.1 Å². The topological polar surface area (TPSA) is 82.4 Å². The molecule has 6 nitrogen and oxygen atoms in total. The molecule has 1 amide bonds. The molecular formula is C25H27N3O3. The van der Waals surface area contributed by atoms with Crippen LogP contribution >= 0.6 is 0 Å². The van der Waals surface area contributed by atoms with Crippen LogP contribution in [0.4, 0.5) is 5.69 Å². The molecule has 160 valence electrons. The van der Waals surface area contributed by atoms with Gasteiger partial charge in [-0.15, -0.1) is 0 Å². The molecule has 0 heterocycles. The van der Waals surface area contributed by atoms with Gasteiger partial charge in [-0.2, -0.15) is 5.26 Å². The van der Waals surface area contributed by atoms with Crippen LogP contribution in [0.25, 0.3) is 6.08 Å². The van der Waals surface area contributed by atoms with E-state index in [0.717, 1.165) is 30.5 Å². The van der Waals surface area contributed by atoms with Crippen molar-refractivity contribution in [1.82, 2.24) is 5.32 Å². The lowest BCUT2D eigenvalue weighted by molar-refractivity contribution is -0.151. The fourth-order valence-corrected chi connectivity index (χ4v) is 3.64. The van der Waals surface area contributed by atoms with E-state index < -0.39 is 12.1 Å². The SMILES string of the molecule is C[C@@H](OC(=O)/C(C#N)=C/c1ccc(N(C)C)cc1)C(=O)N[C@@H]1CCCc2ccccc21. The highest BCUT2D eigenvalue weighted by Gasteiger charge is 2.26. The number of ether oxygens (including phenoxy) is 1. The number of hydrogen-bond acceptors (Lipinski definition) is 5. The first-order chi connectivity index (χ1) is 14.9. The molecule has 1 N–H and O–H groups in total. The predicted molar refractivity (Wildman–Crippen MR) is 120 cm³/mol. The highest BCUT2D eigenvalue weighted by molar-refractivity contribution is 5.99. The highest BCUT2D eigenvalue weighted by atomic mass is 16.5. The number of nitrogens with one attached hydrogen (secondary N) is 1. The number of fused-ring (bicyclic) bond motifs is 1. The van der Waals surface area contributed by atoms with Crippen LogP contribution in [0.2, 0.25) is 0 Å². The number of anilines is 1. The van der Waals surface area contributed by atoms with Crippen molar-refractivity contribution in [3.8, 4) is 6.07 Å². The summed E-state index contributed by atoms with van der Waals surface area (Å²) in [6, 6.07) is 17.2. The van der Waals surface area contributed by atoms with E-state index >= 15 is 0 Å². The van der Waals surface area contributed by atoms with Gasteiger partial charge in [-0.1, -0.05) is 36.4 Å². The van der Waals surface area contributed by atoms with E-state index in [1.165, 1.54) is 18.6 Å². The Morgan fingerprint density at radius 2 is 1.90 bits per heavy atom. The third-order valence-electron chi connectivity index (χ3n) is 5.40. The minimum Gasteiger partial charge on any atom is -0.448 e. The zero-order valence-corrected chi connectivity index (χ0v) is 18.1. The molecule has 0 fully saturated rings. The summed E-state index contributed by atoms with van der Waals surface area (Å²) < 4.78 is 5.28. The molecule has 2 atom stereocenters. The van der Waals surface area contributed by atoms with Gasteiger partial charge in [0.15, 0.2) is 6.10 Å². The molecule has 0 radical (unpaired) electrons. The number of esters is 1. The second-order valence-corrected chi connectivity index (χ2v) is 7.86. The molecular weight excluding hydrogens is 390 g/mol. The maximum Gasteiger partial charge on any atom is 0.349 e. The molecule has 0 aromatic heterocycles. The van der Waals surface area contributed by atoms with Crippen molar-refractivity contribution in [2.45, 2.75) is 38.3 Å². The number of carbonyl (C=O) groups is 2. The number of hydrogen-bond donors (Lipinski definition) is 1. The number of nitrogens with zero attached hydrogens (tertiary/aromatic N) is 2. The maximum atomic E-state index is 12.6. The van der Waals surface area contributed by atoms with Crippen LogP contribution < -0.4 is 10.2 Å². The fourth-order valence-electron chi connectivity index (χ4n) is 3.64. The van der Waals surface area contributed by atoms with Gasteiger partial charge in [-0.25, -0.2) is 4.79 Å². The predicted octanol–water partition coefficient (Wildman–Crippen LogP) is 3.79. The molecule has 1 aliphatic rings. The lowest BCUT2D eigenvalue weighted by Gasteiger charge is -2.27. The molecule has 0 saturated heterocycles. The summed E-state index contributed by atoms with van der Waals surface area (Å²) in [6.07, 6.45) is 3.29. The second kappa shape index (κ2) is 9.94. The van der Waals surface area contributed by atoms with E-state index in [0.29, 0.717) is 5.56 Å². The van der Waals surface area contributed by atoms with Crippen molar-refractivity contribution in [3.05, 3.63) is 70.8 Å². The molecule has 0 unspecified atom stereocenters. The summed E-state index contributed by atoms with van der Waals surface area (Å²) in [5.41, 5.74) is 3.90. The Balaban J connectivity index is 1.63. The first kappa shape index (κ1) is 22.1. The summed E-state index contributed by atoms with van der Waals surface area (Å²) in [4.78, 5) is 27.0. The minimum atomic E-state index is -1.01. The summed E-state index contributed by atoms with van der Waals surface area (Å²) in [6.45, 7) is 1.52. The number of aryl methyl sites for hydroxylation is 1. The van der Waals surface area contributed by atoms with Gasteiger partial charge >= 0.3 is 5.97 Å². The standard InChI is InChI=1S/C25H27N3O3/c1-17(24(29)27-23-10-6-8-19-7-4-5-9-22(19)23)31-25(30)20(16-26)15-18-11-13-21(14-12-18)28(2)3/h4-5,7,9,11-15,17,23H,6,8,10H2,1-3H3,(H,27,29)/b20-15+/t17-,23-/m1/s1. The molecule has 2 aromatic rings. The van der Waals surface area contributed by atoms with Crippen LogP contribution in [0.3, 0.4) is 0 Å². The van der Waals surface area contributed by atoms with Crippen molar-refractivity contribution in [2.75, 3.05) is 19.0 Å². The van der Waals surface area contributed by atoms with Crippen LogP contribution in [-0.2, 0) is 20.7 Å². The number of nitriles is 1. The zero-order valence-electron chi connectivity index (χ0n) is 18.1. The second-order valence-electron chi connectivity index (χ2n) is 7.86. The first-order valence-corrected chi connectivity index (χ1v) is 10.4. The number of amides is 1. The monoisotopic (exact) mass is 417 g/mol. The largest absolute Gasteiger partial charge is 0.448 e. The summed E-state index contributed by atoms with van der Waals surface area (Å²) in [7, 11) is 3.86. The Hall–Kier alpha value is -3.59. The molecule has 0 bridgehead atoms. The fraction of sp³-hybridized carbons (Fsp3) is 0.320. The molecule has 0 aliphatic heterocycles. The molecule has 2 aromatic carbocycles. The molecule has 0 spiro atoms. The third kappa shape index (κ3) is 5.52. The quantitative estimate of drug-likeness (QED) is 0.439. The van der Waals surface area contributed by atoms with E-state index in [2.05, 4.69) is 11.4 Å². The van der Waals surface area contributed by atoms with Crippen LogP contribution in [0.1, 0.15) is 42.5 Å². The van der Waals surface area contributed by atoms with E-state index in [1.807, 2.05) is 67.5 Å². The van der Waals surface area contributed by atoms with Crippen molar-refractivity contribution in [1.29, 1.82) is 5.26 Å². The Morgan fingerprint density at radius 3 is 2.58 bits per heavy atom. The Bertz CT molecular complexity index is 1020. The summed E-state index contributed by atoms with van der Waals surface area (Å²) >= 11 is 0. The third-order valence-corrected chi connectivity index (χ3v) is 5.40. The van der Waals surface area contributed by atoms with Gasteiger partial charge in [-0.3, -0.25) is 4.79 Å². The van der Waals surface area contributed by atoms with E-state index in [-0.39, 0.29) is 17.5 Å². The number of rotatable bonds is 6. The van der Waals surface area contributed by atoms with Gasteiger partial charge < -0.3 is 15.0 Å².